The zero-order chi connectivity index (χ0) is 19.6. The van der Waals surface area contributed by atoms with Crippen LogP contribution in [0.1, 0.15) is 41.5 Å². The molecular weight excluding hydrogens is 332 g/mol. The normalized spacial score (nSPS) is 28.2. The van der Waals surface area contributed by atoms with Crippen LogP contribution in [0.25, 0.3) is 0 Å². The monoisotopic (exact) mass is 362 g/mol. The van der Waals surface area contributed by atoms with Crippen molar-refractivity contribution in [1.29, 1.82) is 0 Å². The topological polar surface area (TPSA) is 57.2 Å². The van der Waals surface area contributed by atoms with Gasteiger partial charge >= 0.3 is 0 Å². The maximum absolute atomic E-state index is 11.3. The van der Waals surface area contributed by atoms with E-state index in [0.717, 1.165) is 5.57 Å². The van der Waals surface area contributed by atoms with E-state index in [-0.39, 0.29) is 0 Å². The third-order valence-corrected chi connectivity index (χ3v) is 5.01. The second-order valence-corrected chi connectivity index (χ2v) is 6.85. The Labute approximate surface area is 156 Å². The molecule has 0 amide bonds. The van der Waals surface area contributed by atoms with Crippen LogP contribution in [0.15, 0.2) is 35.5 Å². The van der Waals surface area contributed by atoms with Crippen molar-refractivity contribution in [1.82, 2.24) is 0 Å². The molecule has 1 heterocycles. The predicted molar refractivity (Wildman–Crippen MR) is 100 cm³/mol. The highest BCUT2D eigenvalue weighted by Gasteiger charge is 2.47. The van der Waals surface area contributed by atoms with E-state index in [9.17, 15) is 5.11 Å². The predicted octanol–water partition coefficient (Wildman–Crippen LogP) is 3.10. The molecule has 1 aliphatic carbocycles. The van der Waals surface area contributed by atoms with Gasteiger partial charge in [0.15, 0.2) is 11.9 Å². The van der Waals surface area contributed by atoms with E-state index >= 15 is 0 Å². The van der Waals surface area contributed by atoms with Crippen molar-refractivity contribution in [3.8, 4) is 11.8 Å². The fraction of sp³-hybridized carbons (Fsp3) is 0.619. The van der Waals surface area contributed by atoms with Gasteiger partial charge in [0, 0.05) is 6.61 Å². The minimum absolute atomic E-state index is 0.433. The summed E-state index contributed by atoms with van der Waals surface area (Å²) in [5.41, 5.74) is -0.168. The molecule has 1 spiro atoms. The minimum atomic E-state index is -1.41. The molecule has 5 nitrogen and oxygen atoms in total. The number of aliphatic hydroxyl groups is 1. The Hall–Kier alpha value is -1.42. The van der Waals surface area contributed by atoms with Gasteiger partial charge in [-0.2, -0.15) is 0 Å². The Balaban J connectivity index is 2.36. The lowest BCUT2D eigenvalue weighted by Gasteiger charge is -2.38. The van der Waals surface area contributed by atoms with Gasteiger partial charge in [-0.3, -0.25) is 0 Å². The van der Waals surface area contributed by atoms with E-state index in [4.69, 9.17) is 18.9 Å². The fourth-order valence-electron chi connectivity index (χ4n) is 3.20. The number of rotatable bonds is 5. The molecule has 2 aliphatic rings. The molecule has 0 radical (unpaired) electrons. The summed E-state index contributed by atoms with van der Waals surface area (Å²) in [5.74, 6) is 5.13. The van der Waals surface area contributed by atoms with E-state index in [1.54, 1.807) is 19.9 Å². The van der Waals surface area contributed by atoms with Crippen molar-refractivity contribution < 1.29 is 24.1 Å². The van der Waals surface area contributed by atoms with Crippen LogP contribution in [-0.2, 0) is 18.9 Å². The maximum Gasteiger partial charge on any atom is 0.211 e. The first-order valence-corrected chi connectivity index (χ1v) is 8.98. The van der Waals surface area contributed by atoms with Crippen LogP contribution >= 0.6 is 0 Å². The molecule has 1 saturated heterocycles. The summed E-state index contributed by atoms with van der Waals surface area (Å²) in [5, 5.41) is 11.3. The van der Waals surface area contributed by atoms with Gasteiger partial charge in [0.2, 0.25) is 5.79 Å². The molecule has 2 rings (SSSR count). The Bertz CT molecular complexity index is 674. The highest BCUT2D eigenvalue weighted by molar-refractivity contribution is 5.52. The number of ether oxygens (including phenoxy) is 4. The Morgan fingerprint density at radius 1 is 1.35 bits per heavy atom. The summed E-state index contributed by atoms with van der Waals surface area (Å²) in [6.45, 7) is 16.5. The summed E-state index contributed by atoms with van der Waals surface area (Å²) < 4.78 is 22.9. The number of hydrogen-bond donors (Lipinski definition) is 1. The van der Waals surface area contributed by atoms with Crippen LogP contribution in [0.4, 0.5) is 0 Å². The first-order chi connectivity index (χ1) is 12.1. The molecule has 0 aromatic carbocycles. The molecule has 3 unspecified atom stereocenters. The van der Waals surface area contributed by atoms with Crippen molar-refractivity contribution in [2.75, 3.05) is 19.8 Å². The van der Waals surface area contributed by atoms with Gasteiger partial charge in [0.25, 0.3) is 0 Å². The largest absolute Gasteiger partial charge is 0.370 e. The Kier molecular flexibility index (Phi) is 6.17. The van der Waals surface area contributed by atoms with Crippen molar-refractivity contribution in [2.24, 2.45) is 0 Å². The molecule has 1 fully saturated rings. The molecule has 0 bridgehead atoms. The van der Waals surface area contributed by atoms with E-state index in [1.165, 1.54) is 0 Å². The summed E-state index contributed by atoms with van der Waals surface area (Å²) in [6, 6.07) is 0. The lowest BCUT2D eigenvalue weighted by atomic mass is 9.77. The zero-order valence-corrected chi connectivity index (χ0v) is 16.6. The molecule has 0 saturated carbocycles. The molecular formula is C21H30O5. The maximum atomic E-state index is 11.3. The molecule has 3 atom stereocenters. The van der Waals surface area contributed by atoms with Crippen LogP contribution in [0.3, 0.4) is 0 Å². The minimum Gasteiger partial charge on any atom is -0.370 e. The highest BCUT2D eigenvalue weighted by Crippen LogP contribution is 2.42. The van der Waals surface area contributed by atoms with E-state index in [0.29, 0.717) is 31.0 Å². The van der Waals surface area contributed by atoms with Gasteiger partial charge in [-0.15, -0.1) is 0 Å². The first-order valence-electron chi connectivity index (χ1n) is 8.98. The van der Waals surface area contributed by atoms with Crippen LogP contribution < -0.4 is 0 Å². The average Bonchev–Trinajstić information content (AvgIpc) is 3.06. The molecule has 1 N–H and O–H groups in total. The SMILES string of the molecule is C=CC(C)(C#CC1(O)C(C)=CC2(OCCO2)C(C)=C1C)OC(C)OCC. The molecule has 1 aliphatic heterocycles. The Morgan fingerprint density at radius 2 is 1.96 bits per heavy atom. The van der Waals surface area contributed by atoms with Crippen molar-refractivity contribution in [3.63, 3.8) is 0 Å². The second kappa shape index (κ2) is 7.67. The van der Waals surface area contributed by atoms with Crippen LogP contribution in [0.2, 0.25) is 0 Å². The van der Waals surface area contributed by atoms with Gasteiger partial charge in [-0.1, -0.05) is 18.4 Å². The van der Waals surface area contributed by atoms with Gasteiger partial charge in [-0.25, -0.2) is 0 Å². The first kappa shape index (κ1) is 20.9. The van der Waals surface area contributed by atoms with Crippen molar-refractivity contribution in [3.05, 3.63) is 35.5 Å². The van der Waals surface area contributed by atoms with Crippen molar-refractivity contribution in [2.45, 2.75) is 64.8 Å². The third kappa shape index (κ3) is 3.80. The Morgan fingerprint density at radius 3 is 2.50 bits per heavy atom. The van der Waals surface area contributed by atoms with Crippen LogP contribution in [0, 0.1) is 11.8 Å². The van der Waals surface area contributed by atoms with Gasteiger partial charge in [0.05, 0.1) is 13.2 Å². The molecule has 5 heteroatoms. The highest BCUT2D eigenvalue weighted by atomic mass is 16.7. The van der Waals surface area contributed by atoms with Crippen LogP contribution in [-0.4, -0.2) is 48.2 Å². The summed E-state index contributed by atoms with van der Waals surface area (Å²) in [7, 11) is 0. The number of hydrogen-bond acceptors (Lipinski definition) is 5. The quantitative estimate of drug-likeness (QED) is 0.463. The molecule has 144 valence electrons. The molecule has 0 aromatic rings. The standard InChI is InChI=1S/C21H30O5/c1-8-19(7,26-18(6)23-9-2)10-11-20(22)15(3)14-21(17(5)16(20)4)24-12-13-25-21/h8,14,18,22H,1,9,12-13H2,2-7H3. The van der Waals surface area contributed by atoms with Gasteiger partial charge < -0.3 is 24.1 Å². The fourth-order valence-corrected chi connectivity index (χ4v) is 3.20. The van der Waals surface area contributed by atoms with E-state index < -0.39 is 23.3 Å². The van der Waals surface area contributed by atoms with Gasteiger partial charge in [-0.05, 0) is 70.4 Å². The summed E-state index contributed by atoms with van der Waals surface area (Å²) in [6.07, 6.45) is 2.99. The second-order valence-electron chi connectivity index (χ2n) is 6.85. The van der Waals surface area contributed by atoms with Crippen molar-refractivity contribution >= 4 is 0 Å². The van der Waals surface area contributed by atoms with Gasteiger partial charge in [0.1, 0.15) is 5.60 Å². The molecule has 0 aromatic heterocycles. The lowest BCUT2D eigenvalue weighted by Crippen LogP contribution is -2.43. The summed E-state index contributed by atoms with van der Waals surface area (Å²) in [4.78, 5) is 0. The third-order valence-electron chi connectivity index (χ3n) is 5.01. The van der Waals surface area contributed by atoms with E-state index in [2.05, 4.69) is 18.4 Å². The van der Waals surface area contributed by atoms with E-state index in [1.807, 2.05) is 33.8 Å². The zero-order valence-electron chi connectivity index (χ0n) is 16.6. The van der Waals surface area contributed by atoms with Crippen LogP contribution in [0.5, 0.6) is 0 Å². The summed E-state index contributed by atoms with van der Waals surface area (Å²) >= 11 is 0. The lowest BCUT2D eigenvalue weighted by molar-refractivity contribution is -0.161. The average molecular weight is 362 g/mol. The smallest absolute Gasteiger partial charge is 0.211 e. The molecule has 26 heavy (non-hydrogen) atoms.